The van der Waals surface area contributed by atoms with Crippen LogP contribution in [0.4, 0.5) is 5.69 Å². The maximum Gasteiger partial charge on any atom is 0.264 e. The van der Waals surface area contributed by atoms with Crippen LogP contribution in [0.5, 0.6) is 0 Å². The lowest BCUT2D eigenvalue weighted by Crippen LogP contribution is -2.19. The standard InChI is InChI=1S/C17H14BrN3OS/c1-10-7-13(8-11(2)15(10)18)20-17-21-16(22)14(23-17)9-12-3-5-19-6-4-12/h3-9H,1-2H3,(H,20,21,22)/b14-9-. The van der Waals surface area contributed by atoms with E-state index in [2.05, 4.69) is 31.2 Å². The summed E-state index contributed by atoms with van der Waals surface area (Å²) in [5.74, 6) is -0.129. The number of carbonyl (C=O) groups excluding carboxylic acids is 1. The summed E-state index contributed by atoms with van der Waals surface area (Å²) in [7, 11) is 0. The number of aliphatic imine (C=N–C) groups is 1. The van der Waals surface area contributed by atoms with Crippen LogP contribution in [0, 0.1) is 13.8 Å². The summed E-state index contributed by atoms with van der Waals surface area (Å²) in [6, 6.07) is 7.69. The molecule has 1 fully saturated rings. The first kappa shape index (κ1) is 16.0. The molecule has 0 atom stereocenters. The Kier molecular flexibility index (Phi) is 4.63. The first-order chi connectivity index (χ1) is 11.0. The number of amides is 1. The van der Waals surface area contributed by atoms with Gasteiger partial charge in [0.25, 0.3) is 5.91 Å². The summed E-state index contributed by atoms with van der Waals surface area (Å²) < 4.78 is 1.09. The van der Waals surface area contributed by atoms with Crippen molar-refractivity contribution in [2.24, 2.45) is 4.99 Å². The number of thioether (sulfide) groups is 1. The van der Waals surface area contributed by atoms with E-state index in [1.54, 1.807) is 12.4 Å². The van der Waals surface area contributed by atoms with Crippen LogP contribution in [0.15, 0.2) is 51.0 Å². The highest BCUT2D eigenvalue weighted by atomic mass is 79.9. The zero-order chi connectivity index (χ0) is 16.4. The Hall–Kier alpha value is -1.92. The molecule has 0 bridgehead atoms. The number of hydrogen-bond acceptors (Lipinski definition) is 4. The fourth-order valence-electron chi connectivity index (χ4n) is 2.20. The van der Waals surface area contributed by atoms with Crippen LogP contribution in [0.25, 0.3) is 6.08 Å². The van der Waals surface area contributed by atoms with Crippen LogP contribution < -0.4 is 5.32 Å². The summed E-state index contributed by atoms with van der Waals surface area (Å²) >= 11 is 4.89. The monoisotopic (exact) mass is 387 g/mol. The predicted octanol–water partition coefficient (Wildman–Crippen LogP) is 4.35. The lowest BCUT2D eigenvalue weighted by atomic mass is 10.1. The van der Waals surface area contributed by atoms with E-state index in [0.717, 1.165) is 26.9 Å². The minimum atomic E-state index is -0.129. The Balaban J connectivity index is 1.86. The molecule has 23 heavy (non-hydrogen) atoms. The molecule has 4 nitrogen and oxygen atoms in total. The Morgan fingerprint density at radius 1 is 1.22 bits per heavy atom. The summed E-state index contributed by atoms with van der Waals surface area (Å²) in [6.45, 7) is 4.05. The molecule has 3 rings (SSSR count). The van der Waals surface area contributed by atoms with E-state index in [0.29, 0.717) is 10.1 Å². The smallest absolute Gasteiger partial charge is 0.264 e. The quantitative estimate of drug-likeness (QED) is 0.779. The number of carbonyl (C=O) groups is 1. The van der Waals surface area contributed by atoms with Gasteiger partial charge in [0, 0.05) is 16.9 Å². The molecule has 1 aromatic carbocycles. The number of nitrogens with one attached hydrogen (secondary N) is 1. The van der Waals surface area contributed by atoms with Crippen molar-refractivity contribution in [2.75, 3.05) is 0 Å². The van der Waals surface area contributed by atoms with Crippen LogP contribution >= 0.6 is 27.7 Å². The van der Waals surface area contributed by atoms with Gasteiger partial charge in [-0.25, -0.2) is 4.99 Å². The van der Waals surface area contributed by atoms with Gasteiger partial charge in [-0.3, -0.25) is 9.78 Å². The summed E-state index contributed by atoms with van der Waals surface area (Å²) in [4.78, 5) is 21.2. The number of benzene rings is 1. The Bertz CT molecular complexity index is 808. The van der Waals surface area contributed by atoms with Crippen LogP contribution in [0.1, 0.15) is 16.7 Å². The van der Waals surface area contributed by atoms with Crippen molar-refractivity contribution in [2.45, 2.75) is 13.8 Å². The second-order valence-corrected chi connectivity index (χ2v) is 6.98. The number of aryl methyl sites for hydroxylation is 2. The van der Waals surface area contributed by atoms with Crippen molar-refractivity contribution in [1.82, 2.24) is 10.3 Å². The molecule has 1 amide bonds. The van der Waals surface area contributed by atoms with Gasteiger partial charge in [0.1, 0.15) is 0 Å². The van der Waals surface area contributed by atoms with Gasteiger partial charge >= 0.3 is 0 Å². The first-order valence-corrected chi connectivity index (χ1v) is 8.60. The van der Waals surface area contributed by atoms with E-state index in [9.17, 15) is 4.79 Å². The van der Waals surface area contributed by atoms with Gasteiger partial charge in [-0.15, -0.1) is 0 Å². The predicted molar refractivity (Wildman–Crippen MR) is 98.7 cm³/mol. The molecule has 116 valence electrons. The number of nitrogens with zero attached hydrogens (tertiary/aromatic N) is 2. The van der Waals surface area contributed by atoms with Crippen molar-refractivity contribution >= 4 is 50.5 Å². The fraction of sp³-hybridized carbons (Fsp3) is 0.118. The van der Waals surface area contributed by atoms with Gasteiger partial charge in [-0.1, -0.05) is 15.9 Å². The minimum absolute atomic E-state index is 0.129. The molecule has 0 unspecified atom stereocenters. The van der Waals surface area contributed by atoms with Gasteiger partial charge in [-0.05, 0) is 72.6 Å². The van der Waals surface area contributed by atoms with Crippen LogP contribution in [0.3, 0.4) is 0 Å². The highest BCUT2D eigenvalue weighted by Gasteiger charge is 2.23. The van der Waals surface area contributed by atoms with E-state index in [4.69, 9.17) is 0 Å². The molecule has 2 heterocycles. The largest absolute Gasteiger partial charge is 0.300 e. The number of rotatable bonds is 2. The fourth-order valence-corrected chi connectivity index (χ4v) is 3.27. The lowest BCUT2D eigenvalue weighted by molar-refractivity contribution is -0.115. The topological polar surface area (TPSA) is 54.4 Å². The summed E-state index contributed by atoms with van der Waals surface area (Å²) in [5, 5.41) is 3.40. The summed E-state index contributed by atoms with van der Waals surface area (Å²) in [5.41, 5.74) is 4.00. The highest BCUT2D eigenvalue weighted by Crippen LogP contribution is 2.30. The van der Waals surface area contributed by atoms with E-state index in [1.165, 1.54) is 11.8 Å². The van der Waals surface area contributed by atoms with Crippen LogP contribution in [-0.4, -0.2) is 16.1 Å². The average Bonchev–Trinajstić information content (AvgIpc) is 2.85. The normalized spacial score (nSPS) is 17.8. The zero-order valence-corrected chi connectivity index (χ0v) is 15.0. The molecule has 1 saturated heterocycles. The molecule has 2 aromatic rings. The zero-order valence-electron chi connectivity index (χ0n) is 12.6. The number of aromatic nitrogens is 1. The SMILES string of the molecule is Cc1cc(N=C2NC(=O)/C(=C/c3ccncc3)S2)cc(C)c1Br. The summed E-state index contributed by atoms with van der Waals surface area (Å²) in [6.07, 6.45) is 5.24. The highest BCUT2D eigenvalue weighted by molar-refractivity contribution is 9.10. The van der Waals surface area contributed by atoms with Gasteiger partial charge in [0.15, 0.2) is 5.17 Å². The minimum Gasteiger partial charge on any atom is -0.300 e. The maximum atomic E-state index is 12.1. The van der Waals surface area contributed by atoms with E-state index in [-0.39, 0.29) is 5.91 Å². The van der Waals surface area contributed by atoms with Crippen molar-refractivity contribution in [1.29, 1.82) is 0 Å². The van der Waals surface area contributed by atoms with E-state index < -0.39 is 0 Å². The molecule has 1 aromatic heterocycles. The van der Waals surface area contributed by atoms with Gasteiger partial charge in [0.2, 0.25) is 0 Å². The molecule has 0 saturated carbocycles. The van der Waals surface area contributed by atoms with Crippen LogP contribution in [0.2, 0.25) is 0 Å². The number of hydrogen-bond donors (Lipinski definition) is 1. The lowest BCUT2D eigenvalue weighted by Gasteiger charge is -2.04. The number of amidine groups is 1. The third kappa shape index (κ3) is 3.71. The van der Waals surface area contributed by atoms with Gasteiger partial charge in [-0.2, -0.15) is 0 Å². The molecule has 0 spiro atoms. The van der Waals surface area contributed by atoms with Crippen molar-refractivity contribution in [3.05, 3.63) is 62.7 Å². The molecule has 1 aliphatic rings. The Morgan fingerprint density at radius 2 is 1.87 bits per heavy atom. The van der Waals surface area contributed by atoms with E-state index >= 15 is 0 Å². The molecule has 1 aliphatic heterocycles. The molecule has 6 heteroatoms. The first-order valence-electron chi connectivity index (χ1n) is 6.99. The molecule has 0 aliphatic carbocycles. The van der Waals surface area contributed by atoms with Crippen molar-refractivity contribution < 1.29 is 4.79 Å². The van der Waals surface area contributed by atoms with Gasteiger partial charge < -0.3 is 5.32 Å². The van der Waals surface area contributed by atoms with Crippen LogP contribution in [-0.2, 0) is 4.79 Å². The Labute approximate surface area is 147 Å². The second kappa shape index (κ2) is 6.68. The third-order valence-corrected chi connectivity index (χ3v) is 5.47. The molecule has 1 N–H and O–H groups in total. The molecule has 0 radical (unpaired) electrons. The van der Waals surface area contributed by atoms with Crippen molar-refractivity contribution in [3.8, 4) is 0 Å². The Morgan fingerprint density at radius 3 is 2.52 bits per heavy atom. The average molecular weight is 388 g/mol. The number of pyridine rings is 1. The molecular weight excluding hydrogens is 374 g/mol. The maximum absolute atomic E-state index is 12.1. The van der Waals surface area contributed by atoms with E-state index in [1.807, 2.05) is 44.2 Å². The second-order valence-electron chi connectivity index (χ2n) is 5.16. The third-order valence-electron chi connectivity index (χ3n) is 3.31. The van der Waals surface area contributed by atoms with Gasteiger partial charge in [0.05, 0.1) is 10.6 Å². The van der Waals surface area contributed by atoms with Crippen molar-refractivity contribution in [3.63, 3.8) is 0 Å². The molecular formula is C17H14BrN3OS. The number of halogens is 1.